The number of ether oxygens (including phenoxy) is 1. The quantitative estimate of drug-likeness (QED) is 0.793. The summed E-state index contributed by atoms with van der Waals surface area (Å²) in [7, 11) is 1.58. The van der Waals surface area contributed by atoms with E-state index in [-0.39, 0.29) is 0 Å². The van der Waals surface area contributed by atoms with Crippen molar-refractivity contribution in [1.29, 1.82) is 0 Å². The molecule has 4 nitrogen and oxygen atoms in total. The minimum Gasteiger partial charge on any atom is -0.444 e. The van der Waals surface area contributed by atoms with Gasteiger partial charge in [0.2, 0.25) is 0 Å². The Morgan fingerprint density at radius 2 is 1.95 bits per heavy atom. The van der Waals surface area contributed by atoms with Crippen molar-refractivity contribution in [2.24, 2.45) is 0 Å². The Labute approximate surface area is 120 Å². The van der Waals surface area contributed by atoms with Crippen LogP contribution >= 0.6 is 0 Å². The van der Waals surface area contributed by atoms with E-state index in [1.54, 1.807) is 27.8 Å². The third-order valence-corrected chi connectivity index (χ3v) is 2.98. The lowest BCUT2D eigenvalue weighted by molar-refractivity contribution is -0.112. The van der Waals surface area contributed by atoms with Gasteiger partial charge in [0, 0.05) is 7.05 Å². The standard InChI is InChI=1S/C16H23NO3/c1-6-12-9-7-8-10-13(12)14(11-18)17(5)15(19)20-16(2,3)4/h7-11,14H,6H2,1-5H3. The van der Waals surface area contributed by atoms with Crippen LogP contribution in [0.25, 0.3) is 0 Å². The van der Waals surface area contributed by atoms with Gasteiger partial charge in [-0.05, 0) is 38.3 Å². The number of nitrogens with zero attached hydrogens (tertiary/aromatic N) is 1. The second-order valence-electron chi connectivity index (χ2n) is 5.72. The highest BCUT2D eigenvalue weighted by Crippen LogP contribution is 2.23. The molecule has 0 saturated carbocycles. The smallest absolute Gasteiger partial charge is 0.410 e. The number of amides is 1. The van der Waals surface area contributed by atoms with Crippen LogP contribution in [0, 0.1) is 0 Å². The zero-order valence-electron chi connectivity index (χ0n) is 12.8. The summed E-state index contributed by atoms with van der Waals surface area (Å²) in [6.45, 7) is 7.42. The Balaban J connectivity index is 3.01. The maximum atomic E-state index is 12.1. The maximum absolute atomic E-state index is 12.1. The lowest BCUT2D eigenvalue weighted by Gasteiger charge is -2.29. The van der Waals surface area contributed by atoms with Gasteiger partial charge in [0.05, 0.1) is 0 Å². The molecule has 0 spiro atoms. The van der Waals surface area contributed by atoms with Crippen LogP contribution in [-0.2, 0) is 16.0 Å². The van der Waals surface area contributed by atoms with E-state index in [0.717, 1.165) is 23.8 Å². The zero-order valence-corrected chi connectivity index (χ0v) is 12.8. The van der Waals surface area contributed by atoms with Crippen molar-refractivity contribution in [2.75, 3.05) is 7.05 Å². The van der Waals surface area contributed by atoms with Crippen LogP contribution in [0.15, 0.2) is 24.3 Å². The fourth-order valence-electron chi connectivity index (χ4n) is 1.97. The van der Waals surface area contributed by atoms with Crippen molar-refractivity contribution >= 4 is 12.4 Å². The molecule has 0 heterocycles. The number of likely N-dealkylation sites (N-methyl/N-ethyl adjacent to an activating group) is 1. The summed E-state index contributed by atoms with van der Waals surface area (Å²) in [6.07, 6.45) is 1.08. The van der Waals surface area contributed by atoms with Crippen LogP contribution in [0.2, 0.25) is 0 Å². The van der Waals surface area contributed by atoms with Crippen LogP contribution in [0.5, 0.6) is 0 Å². The van der Waals surface area contributed by atoms with Crippen molar-refractivity contribution in [3.63, 3.8) is 0 Å². The predicted octanol–water partition coefficient (Wildman–Crippen LogP) is 3.36. The molecule has 1 amide bonds. The van der Waals surface area contributed by atoms with Crippen molar-refractivity contribution in [3.05, 3.63) is 35.4 Å². The highest BCUT2D eigenvalue weighted by Gasteiger charge is 2.27. The number of carbonyl (C=O) groups excluding carboxylic acids is 2. The number of aryl methyl sites for hydroxylation is 1. The average molecular weight is 277 g/mol. The van der Waals surface area contributed by atoms with Crippen molar-refractivity contribution < 1.29 is 14.3 Å². The molecule has 0 saturated heterocycles. The molecule has 0 aliphatic rings. The summed E-state index contributed by atoms with van der Waals surface area (Å²) in [4.78, 5) is 24.9. The highest BCUT2D eigenvalue weighted by atomic mass is 16.6. The third kappa shape index (κ3) is 4.08. The number of hydrogen-bond acceptors (Lipinski definition) is 3. The molecule has 1 rings (SSSR count). The van der Waals surface area contributed by atoms with E-state index in [2.05, 4.69) is 0 Å². The molecule has 1 atom stereocenters. The number of aldehydes is 1. The lowest BCUT2D eigenvalue weighted by atomic mass is 9.99. The molecule has 0 fully saturated rings. The van der Waals surface area contributed by atoms with Crippen molar-refractivity contribution in [2.45, 2.75) is 45.8 Å². The normalized spacial score (nSPS) is 12.7. The molecule has 1 aromatic carbocycles. The molecular weight excluding hydrogens is 254 g/mol. The van der Waals surface area contributed by atoms with Gasteiger partial charge in [0.1, 0.15) is 17.9 Å². The second-order valence-corrected chi connectivity index (χ2v) is 5.72. The van der Waals surface area contributed by atoms with Crippen LogP contribution in [0.4, 0.5) is 4.79 Å². The van der Waals surface area contributed by atoms with E-state index in [4.69, 9.17) is 4.74 Å². The molecule has 20 heavy (non-hydrogen) atoms. The Bertz CT molecular complexity index is 477. The summed E-state index contributed by atoms with van der Waals surface area (Å²) < 4.78 is 5.31. The topological polar surface area (TPSA) is 46.6 Å². The number of hydrogen-bond donors (Lipinski definition) is 0. The molecule has 0 bridgehead atoms. The van der Waals surface area contributed by atoms with E-state index < -0.39 is 17.7 Å². The van der Waals surface area contributed by atoms with Crippen molar-refractivity contribution in [3.8, 4) is 0 Å². The SMILES string of the molecule is CCc1ccccc1C(C=O)N(C)C(=O)OC(C)(C)C. The lowest BCUT2D eigenvalue weighted by Crippen LogP contribution is -2.37. The molecule has 0 radical (unpaired) electrons. The molecule has 4 heteroatoms. The Morgan fingerprint density at radius 1 is 1.35 bits per heavy atom. The first kappa shape index (κ1) is 16.2. The predicted molar refractivity (Wildman–Crippen MR) is 78.6 cm³/mol. The Hall–Kier alpha value is -1.84. The fraction of sp³-hybridized carbons (Fsp3) is 0.500. The summed E-state index contributed by atoms with van der Waals surface area (Å²) in [5, 5.41) is 0. The summed E-state index contributed by atoms with van der Waals surface area (Å²) in [5.41, 5.74) is 1.32. The summed E-state index contributed by atoms with van der Waals surface area (Å²) in [5.74, 6) is 0. The first-order valence-electron chi connectivity index (χ1n) is 6.79. The molecule has 1 aromatic rings. The van der Waals surface area contributed by atoms with E-state index in [9.17, 15) is 9.59 Å². The fourth-order valence-corrected chi connectivity index (χ4v) is 1.97. The van der Waals surface area contributed by atoms with E-state index in [1.165, 1.54) is 4.90 Å². The maximum Gasteiger partial charge on any atom is 0.410 e. The van der Waals surface area contributed by atoms with Gasteiger partial charge in [-0.3, -0.25) is 4.90 Å². The average Bonchev–Trinajstić information content (AvgIpc) is 2.38. The van der Waals surface area contributed by atoms with Crippen LogP contribution < -0.4 is 0 Å². The molecule has 110 valence electrons. The minimum atomic E-state index is -0.624. The van der Waals surface area contributed by atoms with E-state index in [1.807, 2.05) is 31.2 Å². The van der Waals surface area contributed by atoms with Crippen molar-refractivity contribution in [1.82, 2.24) is 4.90 Å². The minimum absolute atomic E-state index is 0.500. The summed E-state index contributed by atoms with van der Waals surface area (Å²) >= 11 is 0. The van der Waals surface area contributed by atoms with Gasteiger partial charge >= 0.3 is 6.09 Å². The van der Waals surface area contributed by atoms with Gasteiger partial charge in [0.15, 0.2) is 0 Å². The first-order valence-corrected chi connectivity index (χ1v) is 6.79. The molecule has 0 aliphatic heterocycles. The zero-order chi connectivity index (χ0) is 15.3. The van der Waals surface area contributed by atoms with E-state index in [0.29, 0.717) is 0 Å². The molecule has 1 unspecified atom stereocenters. The highest BCUT2D eigenvalue weighted by molar-refractivity contribution is 5.75. The third-order valence-electron chi connectivity index (χ3n) is 2.98. The van der Waals surface area contributed by atoms with Gasteiger partial charge in [-0.25, -0.2) is 4.79 Å². The molecule has 0 N–H and O–H groups in total. The molecule has 0 aromatic heterocycles. The molecular formula is C16H23NO3. The number of carbonyl (C=O) groups is 2. The Kier molecular flexibility index (Phi) is 5.31. The first-order chi connectivity index (χ1) is 9.30. The van der Waals surface area contributed by atoms with E-state index >= 15 is 0 Å². The van der Waals surface area contributed by atoms with Gasteiger partial charge in [-0.2, -0.15) is 0 Å². The number of rotatable bonds is 4. The number of benzene rings is 1. The van der Waals surface area contributed by atoms with Gasteiger partial charge < -0.3 is 9.53 Å². The van der Waals surface area contributed by atoms with Crippen LogP contribution in [0.1, 0.15) is 44.9 Å². The monoisotopic (exact) mass is 277 g/mol. The second kappa shape index (κ2) is 6.55. The van der Waals surface area contributed by atoms with Gasteiger partial charge in [0.25, 0.3) is 0 Å². The molecule has 0 aliphatic carbocycles. The van der Waals surface area contributed by atoms with Gasteiger partial charge in [-0.15, -0.1) is 0 Å². The van der Waals surface area contributed by atoms with Crippen LogP contribution in [-0.4, -0.2) is 29.9 Å². The van der Waals surface area contributed by atoms with Crippen LogP contribution in [0.3, 0.4) is 0 Å². The van der Waals surface area contributed by atoms with Gasteiger partial charge in [-0.1, -0.05) is 31.2 Å². The largest absolute Gasteiger partial charge is 0.444 e. The summed E-state index contributed by atoms with van der Waals surface area (Å²) in [6, 6.07) is 7.01. The Morgan fingerprint density at radius 3 is 2.45 bits per heavy atom.